The van der Waals surface area contributed by atoms with Gasteiger partial charge in [-0.05, 0) is 67.8 Å². The van der Waals surface area contributed by atoms with Gasteiger partial charge in [-0.1, -0.05) is 30.3 Å². The number of ether oxygens (including phenoxy) is 2. The first-order chi connectivity index (χ1) is 17.0. The lowest BCUT2D eigenvalue weighted by Crippen LogP contribution is -2.25. The molecule has 1 atom stereocenters. The van der Waals surface area contributed by atoms with Crippen molar-refractivity contribution in [1.82, 2.24) is 9.55 Å². The predicted molar refractivity (Wildman–Crippen MR) is 138 cm³/mol. The molecule has 1 amide bonds. The standard InChI is InChI=1S/C29H31N3O3/c1-20-15-21(2)17-23(16-20)35-14-8-13-31-25-10-5-4-9-24(25)30-29(31)22-18-28(33)32(19-22)26-11-6-7-12-27(26)34-3/h4-7,9-12,15-17,22H,8,13-14,18-19H2,1-3H3/t22-/m1/s1. The molecule has 0 spiro atoms. The van der Waals surface area contributed by atoms with Gasteiger partial charge in [-0.25, -0.2) is 4.98 Å². The van der Waals surface area contributed by atoms with E-state index in [1.165, 1.54) is 11.1 Å². The average molecular weight is 470 g/mol. The van der Waals surface area contributed by atoms with Crippen LogP contribution < -0.4 is 14.4 Å². The summed E-state index contributed by atoms with van der Waals surface area (Å²) in [4.78, 5) is 19.8. The second-order valence-corrected chi connectivity index (χ2v) is 9.21. The molecule has 3 aromatic carbocycles. The highest BCUT2D eigenvalue weighted by Crippen LogP contribution is 2.37. The Morgan fingerprint density at radius 2 is 1.74 bits per heavy atom. The molecule has 0 radical (unpaired) electrons. The summed E-state index contributed by atoms with van der Waals surface area (Å²) in [5, 5.41) is 0. The average Bonchev–Trinajstić information content (AvgIpc) is 3.41. The van der Waals surface area contributed by atoms with Crippen molar-refractivity contribution in [2.24, 2.45) is 0 Å². The Morgan fingerprint density at radius 3 is 2.54 bits per heavy atom. The Bertz CT molecular complexity index is 1340. The molecule has 0 aliphatic carbocycles. The number of fused-ring (bicyclic) bond motifs is 1. The van der Waals surface area contributed by atoms with Gasteiger partial charge in [0.1, 0.15) is 17.3 Å². The first kappa shape index (κ1) is 23.0. The highest BCUT2D eigenvalue weighted by atomic mass is 16.5. The summed E-state index contributed by atoms with van der Waals surface area (Å²) in [6, 6.07) is 22.2. The van der Waals surface area contributed by atoms with Crippen molar-refractivity contribution >= 4 is 22.6 Å². The van der Waals surface area contributed by atoms with Crippen LogP contribution in [0.3, 0.4) is 0 Å². The van der Waals surface area contributed by atoms with Crippen molar-refractivity contribution < 1.29 is 14.3 Å². The topological polar surface area (TPSA) is 56.6 Å². The molecule has 1 aromatic heterocycles. The molecule has 1 aliphatic heterocycles. The molecule has 6 heteroatoms. The third-order valence-electron chi connectivity index (χ3n) is 6.54. The Labute approximate surface area is 206 Å². The molecule has 0 saturated carbocycles. The Balaban J connectivity index is 1.35. The monoisotopic (exact) mass is 469 g/mol. The number of methoxy groups -OCH3 is 1. The van der Waals surface area contributed by atoms with Crippen LogP contribution in [0.4, 0.5) is 5.69 Å². The van der Waals surface area contributed by atoms with E-state index in [0.717, 1.165) is 41.3 Å². The van der Waals surface area contributed by atoms with Crippen LogP contribution in [0.1, 0.15) is 35.7 Å². The zero-order valence-electron chi connectivity index (χ0n) is 20.5. The van der Waals surface area contributed by atoms with Gasteiger partial charge in [-0.2, -0.15) is 0 Å². The van der Waals surface area contributed by atoms with Crippen LogP contribution in [0.5, 0.6) is 11.5 Å². The lowest BCUT2D eigenvalue weighted by Gasteiger charge is -2.20. The molecule has 1 fully saturated rings. The largest absolute Gasteiger partial charge is 0.495 e. The lowest BCUT2D eigenvalue weighted by molar-refractivity contribution is -0.117. The van der Waals surface area contributed by atoms with Crippen LogP contribution in [-0.2, 0) is 11.3 Å². The number of amides is 1. The van der Waals surface area contributed by atoms with Crippen LogP contribution in [0.15, 0.2) is 66.7 Å². The molecule has 5 rings (SSSR count). The number of aryl methyl sites for hydroxylation is 3. The van der Waals surface area contributed by atoms with Gasteiger partial charge in [-0.3, -0.25) is 4.79 Å². The molecular formula is C29H31N3O3. The Kier molecular flexibility index (Phi) is 6.45. The maximum absolute atomic E-state index is 13.0. The van der Waals surface area contributed by atoms with Crippen molar-refractivity contribution in [2.45, 2.75) is 39.2 Å². The second kappa shape index (κ2) is 9.82. The van der Waals surface area contributed by atoms with Gasteiger partial charge >= 0.3 is 0 Å². The van der Waals surface area contributed by atoms with Crippen molar-refractivity contribution in [1.29, 1.82) is 0 Å². The highest BCUT2D eigenvalue weighted by molar-refractivity contribution is 5.97. The number of anilines is 1. The van der Waals surface area contributed by atoms with Gasteiger partial charge in [-0.15, -0.1) is 0 Å². The highest BCUT2D eigenvalue weighted by Gasteiger charge is 2.35. The normalized spacial score (nSPS) is 15.7. The molecule has 2 heterocycles. The van der Waals surface area contributed by atoms with Crippen LogP contribution in [0.2, 0.25) is 0 Å². The number of carbonyl (C=O) groups is 1. The molecule has 0 N–H and O–H groups in total. The number of hydrogen-bond acceptors (Lipinski definition) is 4. The molecule has 1 aliphatic rings. The maximum atomic E-state index is 13.0. The van der Waals surface area contributed by atoms with E-state index in [4.69, 9.17) is 14.5 Å². The second-order valence-electron chi connectivity index (χ2n) is 9.21. The molecule has 1 saturated heterocycles. The van der Waals surface area contributed by atoms with E-state index in [1.54, 1.807) is 7.11 Å². The number of carbonyl (C=O) groups excluding carboxylic acids is 1. The van der Waals surface area contributed by atoms with Crippen LogP contribution >= 0.6 is 0 Å². The molecule has 180 valence electrons. The Morgan fingerprint density at radius 1 is 1.00 bits per heavy atom. The smallest absolute Gasteiger partial charge is 0.227 e. The molecule has 0 unspecified atom stereocenters. The first-order valence-electron chi connectivity index (χ1n) is 12.1. The fourth-order valence-corrected chi connectivity index (χ4v) is 5.04. The minimum atomic E-state index is 0.0140. The van der Waals surface area contributed by atoms with Gasteiger partial charge in [0.05, 0.1) is 30.4 Å². The van der Waals surface area contributed by atoms with E-state index in [2.05, 4.69) is 42.7 Å². The van der Waals surface area contributed by atoms with E-state index < -0.39 is 0 Å². The number of hydrogen-bond donors (Lipinski definition) is 0. The minimum Gasteiger partial charge on any atom is -0.495 e. The summed E-state index contributed by atoms with van der Waals surface area (Å²) >= 11 is 0. The van der Waals surface area contributed by atoms with Gasteiger partial charge < -0.3 is 18.9 Å². The van der Waals surface area contributed by atoms with E-state index >= 15 is 0 Å². The first-order valence-corrected chi connectivity index (χ1v) is 12.1. The van der Waals surface area contributed by atoms with E-state index in [-0.39, 0.29) is 11.8 Å². The zero-order chi connectivity index (χ0) is 24.4. The molecule has 35 heavy (non-hydrogen) atoms. The number of nitrogens with zero attached hydrogens (tertiary/aromatic N) is 3. The molecule has 4 aromatic rings. The van der Waals surface area contributed by atoms with Gasteiger partial charge in [0.15, 0.2) is 0 Å². The molecule has 6 nitrogen and oxygen atoms in total. The third kappa shape index (κ3) is 4.74. The maximum Gasteiger partial charge on any atom is 0.227 e. The molecular weight excluding hydrogens is 438 g/mol. The van der Waals surface area contributed by atoms with Crippen molar-refractivity contribution in [3.8, 4) is 11.5 Å². The summed E-state index contributed by atoms with van der Waals surface area (Å²) in [5.74, 6) is 2.69. The van der Waals surface area contributed by atoms with Crippen molar-refractivity contribution in [3.05, 3.63) is 83.7 Å². The number of aromatic nitrogens is 2. The van der Waals surface area contributed by atoms with Gasteiger partial charge in [0.25, 0.3) is 0 Å². The number of rotatable bonds is 8. The summed E-state index contributed by atoms with van der Waals surface area (Å²) in [6.45, 7) is 6.15. The summed E-state index contributed by atoms with van der Waals surface area (Å²) < 4.78 is 13.8. The van der Waals surface area contributed by atoms with Crippen molar-refractivity contribution in [3.63, 3.8) is 0 Å². The summed E-state index contributed by atoms with van der Waals surface area (Å²) in [7, 11) is 1.64. The number of benzene rings is 3. The predicted octanol–water partition coefficient (Wildman–Crippen LogP) is 5.65. The Hall–Kier alpha value is -3.80. The fraction of sp³-hybridized carbons (Fsp3) is 0.310. The van der Waals surface area contributed by atoms with E-state index in [9.17, 15) is 4.79 Å². The van der Waals surface area contributed by atoms with E-state index in [0.29, 0.717) is 25.3 Å². The number of imidazole rings is 1. The van der Waals surface area contributed by atoms with Gasteiger partial charge in [0, 0.05) is 25.4 Å². The molecule has 0 bridgehead atoms. The fourth-order valence-electron chi connectivity index (χ4n) is 5.04. The van der Waals surface area contributed by atoms with Crippen LogP contribution in [0.25, 0.3) is 11.0 Å². The van der Waals surface area contributed by atoms with E-state index in [1.807, 2.05) is 47.4 Å². The van der Waals surface area contributed by atoms with Crippen LogP contribution in [0, 0.1) is 13.8 Å². The minimum absolute atomic E-state index is 0.0140. The SMILES string of the molecule is COc1ccccc1N1C[C@H](c2nc3ccccc3n2CCCOc2cc(C)cc(C)c2)CC1=O. The third-order valence-corrected chi connectivity index (χ3v) is 6.54. The summed E-state index contributed by atoms with van der Waals surface area (Å²) in [5.41, 5.74) is 5.27. The lowest BCUT2D eigenvalue weighted by atomic mass is 10.1. The quantitative estimate of drug-likeness (QED) is 0.313. The van der Waals surface area contributed by atoms with Crippen molar-refractivity contribution in [2.75, 3.05) is 25.2 Å². The van der Waals surface area contributed by atoms with Crippen LogP contribution in [-0.4, -0.2) is 35.7 Å². The summed E-state index contributed by atoms with van der Waals surface area (Å²) in [6.07, 6.45) is 1.28. The van der Waals surface area contributed by atoms with Gasteiger partial charge in [0.2, 0.25) is 5.91 Å². The number of para-hydroxylation sites is 4. The zero-order valence-corrected chi connectivity index (χ0v) is 20.5.